The third-order valence-electron chi connectivity index (χ3n) is 3.24. The summed E-state index contributed by atoms with van der Waals surface area (Å²) < 4.78 is 0. The second-order valence-electron chi connectivity index (χ2n) is 4.51. The number of amides is 1. The minimum absolute atomic E-state index is 0.0272. The van der Waals surface area contributed by atoms with E-state index in [2.05, 4.69) is 5.32 Å². The summed E-state index contributed by atoms with van der Waals surface area (Å²) in [5, 5.41) is 4.53. The largest absolute Gasteiger partial charge is 0.349 e. The molecule has 0 aromatic carbocycles. The average Bonchev–Trinajstić information content (AvgIpc) is 2.85. The summed E-state index contributed by atoms with van der Waals surface area (Å²) in [5.74, 6) is -0.190. The van der Waals surface area contributed by atoms with Crippen molar-refractivity contribution in [2.75, 3.05) is 6.54 Å². The number of ketones is 1. The van der Waals surface area contributed by atoms with E-state index in [9.17, 15) is 9.59 Å². The minimum atomic E-state index is -0.351. The third-order valence-corrected chi connectivity index (χ3v) is 4.17. The van der Waals surface area contributed by atoms with Gasteiger partial charge < -0.3 is 11.1 Å². The summed E-state index contributed by atoms with van der Waals surface area (Å²) in [7, 11) is 0. The van der Waals surface area contributed by atoms with Gasteiger partial charge in [-0.2, -0.15) is 0 Å². The topological polar surface area (TPSA) is 72.2 Å². The molecule has 1 aromatic heterocycles. The zero-order valence-corrected chi connectivity index (χ0v) is 11.9. The lowest BCUT2D eigenvalue weighted by Gasteiger charge is -2.26. The Morgan fingerprint density at radius 1 is 1.39 bits per heavy atom. The molecule has 0 spiro atoms. The number of carbonyl (C=O) groups is 2. The molecule has 4 nitrogen and oxygen atoms in total. The van der Waals surface area contributed by atoms with Gasteiger partial charge in [0.1, 0.15) is 0 Å². The molecule has 18 heavy (non-hydrogen) atoms. The lowest BCUT2D eigenvalue weighted by atomic mass is 9.94. The van der Waals surface area contributed by atoms with Crippen LogP contribution in [0.4, 0.5) is 0 Å². The molecule has 3 N–H and O–H groups in total. The van der Waals surface area contributed by atoms with Gasteiger partial charge in [-0.15, -0.1) is 11.3 Å². The molecule has 0 aliphatic heterocycles. The van der Waals surface area contributed by atoms with E-state index in [1.54, 1.807) is 11.4 Å². The van der Waals surface area contributed by atoms with Crippen LogP contribution in [0.15, 0.2) is 11.4 Å². The normalized spacial score (nSPS) is 11.3. The zero-order valence-electron chi connectivity index (χ0n) is 11.1. The van der Waals surface area contributed by atoms with Crippen molar-refractivity contribution in [3.05, 3.63) is 21.9 Å². The van der Waals surface area contributed by atoms with Crippen molar-refractivity contribution in [1.29, 1.82) is 0 Å². The molecule has 0 saturated carbocycles. The van der Waals surface area contributed by atoms with Crippen molar-refractivity contribution in [2.45, 2.75) is 39.2 Å². The van der Waals surface area contributed by atoms with Gasteiger partial charge in [-0.1, -0.05) is 13.8 Å². The van der Waals surface area contributed by atoms with Crippen molar-refractivity contribution in [1.82, 2.24) is 5.32 Å². The standard InChI is InChI=1S/C13H20N2O2S/c1-4-13(14,5-2)8-15-12(17)11-6-10(7-18-11)9(3)16/h6-7H,4-5,8,14H2,1-3H3,(H,15,17). The second-order valence-corrected chi connectivity index (χ2v) is 5.42. The first-order valence-corrected chi connectivity index (χ1v) is 6.96. The van der Waals surface area contributed by atoms with Gasteiger partial charge in [0.2, 0.25) is 0 Å². The molecule has 1 aromatic rings. The first-order valence-electron chi connectivity index (χ1n) is 6.08. The lowest BCUT2D eigenvalue weighted by molar-refractivity contribution is 0.0946. The van der Waals surface area contributed by atoms with Gasteiger partial charge in [-0.3, -0.25) is 9.59 Å². The number of carbonyl (C=O) groups excluding carboxylic acids is 2. The van der Waals surface area contributed by atoms with Gasteiger partial charge in [0.25, 0.3) is 5.91 Å². The van der Waals surface area contributed by atoms with Gasteiger partial charge in [-0.25, -0.2) is 0 Å². The van der Waals surface area contributed by atoms with Crippen LogP contribution in [0, 0.1) is 0 Å². The average molecular weight is 268 g/mol. The summed E-state index contributed by atoms with van der Waals surface area (Å²) >= 11 is 1.28. The number of hydrogen-bond acceptors (Lipinski definition) is 4. The van der Waals surface area contributed by atoms with Gasteiger partial charge in [0.15, 0.2) is 5.78 Å². The Morgan fingerprint density at radius 2 is 2.00 bits per heavy atom. The van der Waals surface area contributed by atoms with Crippen molar-refractivity contribution in [3.8, 4) is 0 Å². The van der Waals surface area contributed by atoms with Gasteiger partial charge in [0.05, 0.1) is 4.88 Å². The van der Waals surface area contributed by atoms with E-state index >= 15 is 0 Å². The maximum Gasteiger partial charge on any atom is 0.261 e. The van der Waals surface area contributed by atoms with Crippen LogP contribution in [0.2, 0.25) is 0 Å². The monoisotopic (exact) mass is 268 g/mol. The number of hydrogen-bond donors (Lipinski definition) is 2. The lowest BCUT2D eigenvalue weighted by Crippen LogP contribution is -2.49. The summed E-state index contributed by atoms with van der Waals surface area (Å²) in [6.45, 7) is 5.96. The second kappa shape index (κ2) is 6.11. The molecule has 0 aliphatic rings. The predicted molar refractivity (Wildman–Crippen MR) is 74.2 cm³/mol. The number of rotatable bonds is 6. The van der Waals surface area contributed by atoms with Crippen molar-refractivity contribution >= 4 is 23.0 Å². The van der Waals surface area contributed by atoms with E-state index in [1.807, 2.05) is 13.8 Å². The SMILES string of the molecule is CCC(N)(CC)CNC(=O)c1cc(C(C)=O)cs1. The van der Waals surface area contributed by atoms with Gasteiger partial charge in [-0.05, 0) is 25.8 Å². The van der Waals surface area contributed by atoms with Crippen LogP contribution in [0.25, 0.3) is 0 Å². The van der Waals surface area contributed by atoms with Crippen LogP contribution in [0.5, 0.6) is 0 Å². The molecule has 0 atom stereocenters. The summed E-state index contributed by atoms with van der Waals surface area (Å²) in [6.07, 6.45) is 1.62. The highest BCUT2D eigenvalue weighted by molar-refractivity contribution is 7.12. The van der Waals surface area contributed by atoms with E-state index in [4.69, 9.17) is 5.73 Å². The molecule has 1 amide bonds. The van der Waals surface area contributed by atoms with Crippen molar-refractivity contribution in [2.24, 2.45) is 5.73 Å². The smallest absolute Gasteiger partial charge is 0.261 e. The van der Waals surface area contributed by atoms with Crippen LogP contribution in [0.3, 0.4) is 0 Å². The molecule has 1 rings (SSSR count). The molecule has 1 heterocycles. The summed E-state index contributed by atoms with van der Waals surface area (Å²) in [5.41, 5.74) is 6.34. The van der Waals surface area contributed by atoms with E-state index in [-0.39, 0.29) is 17.2 Å². The van der Waals surface area contributed by atoms with Crippen molar-refractivity contribution in [3.63, 3.8) is 0 Å². The minimum Gasteiger partial charge on any atom is -0.349 e. The zero-order chi connectivity index (χ0) is 13.8. The first-order chi connectivity index (χ1) is 8.41. The highest BCUT2D eigenvalue weighted by atomic mass is 32.1. The number of nitrogens with one attached hydrogen (secondary N) is 1. The summed E-state index contributed by atoms with van der Waals surface area (Å²) in [4.78, 5) is 23.6. The fourth-order valence-corrected chi connectivity index (χ4v) is 2.35. The van der Waals surface area contributed by atoms with Gasteiger partial charge in [0, 0.05) is 23.0 Å². The van der Waals surface area contributed by atoms with E-state index < -0.39 is 0 Å². The molecule has 0 bridgehead atoms. The Labute approximate surface area is 112 Å². The predicted octanol–water partition coefficient (Wildman–Crippen LogP) is 2.20. The quantitative estimate of drug-likeness (QED) is 0.777. The Kier molecular flexibility index (Phi) is 5.04. The van der Waals surface area contributed by atoms with E-state index in [0.717, 1.165) is 12.8 Å². The van der Waals surface area contributed by atoms with Crippen LogP contribution in [-0.2, 0) is 0 Å². The maximum atomic E-state index is 11.9. The van der Waals surface area contributed by atoms with Crippen LogP contribution in [-0.4, -0.2) is 23.8 Å². The molecular formula is C13H20N2O2S. The van der Waals surface area contributed by atoms with Crippen LogP contribution < -0.4 is 11.1 Å². The highest BCUT2D eigenvalue weighted by Gasteiger charge is 2.21. The molecule has 0 radical (unpaired) electrons. The Morgan fingerprint density at radius 3 is 2.44 bits per heavy atom. The van der Waals surface area contributed by atoms with Crippen LogP contribution in [0.1, 0.15) is 53.6 Å². The van der Waals surface area contributed by atoms with E-state index in [0.29, 0.717) is 17.0 Å². The molecule has 0 unspecified atom stereocenters. The fraction of sp³-hybridized carbons (Fsp3) is 0.538. The Balaban J connectivity index is 2.62. The number of nitrogens with two attached hydrogens (primary N) is 1. The molecule has 0 aliphatic carbocycles. The first kappa shape index (κ1) is 14.9. The maximum absolute atomic E-state index is 11.9. The Bertz CT molecular complexity index is 436. The van der Waals surface area contributed by atoms with Gasteiger partial charge >= 0.3 is 0 Å². The number of thiophene rings is 1. The molecule has 100 valence electrons. The highest BCUT2D eigenvalue weighted by Crippen LogP contribution is 2.16. The molecular weight excluding hydrogens is 248 g/mol. The Hall–Kier alpha value is -1.20. The summed E-state index contributed by atoms with van der Waals surface area (Å²) in [6, 6.07) is 1.62. The third kappa shape index (κ3) is 3.65. The molecule has 0 fully saturated rings. The molecule has 5 heteroatoms. The molecule has 0 saturated heterocycles. The van der Waals surface area contributed by atoms with Crippen molar-refractivity contribution < 1.29 is 9.59 Å². The van der Waals surface area contributed by atoms with Crippen LogP contribution >= 0.6 is 11.3 Å². The fourth-order valence-electron chi connectivity index (χ4n) is 1.48. The van der Waals surface area contributed by atoms with E-state index in [1.165, 1.54) is 18.3 Å². The number of Topliss-reactive ketones (excluding diaryl/α,β-unsaturated/α-hetero) is 1.